The summed E-state index contributed by atoms with van der Waals surface area (Å²) in [5.74, 6) is 1.05. The highest BCUT2D eigenvalue weighted by atomic mass is 28.4. The van der Waals surface area contributed by atoms with Gasteiger partial charge in [-0.3, -0.25) is 4.57 Å². The van der Waals surface area contributed by atoms with Crippen LogP contribution >= 0.6 is 0 Å². The number of rotatable bonds is 6. The lowest BCUT2D eigenvalue weighted by Crippen LogP contribution is -2.41. The fourth-order valence-corrected chi connectivity index (χ4v) is 2.82. The number of aliphatic hydroxyl groups excluding tert-OH is 1. The third kappa shape index (κ3) is 3.82. The predicted molar refractivity (Wildman–Crippen MR) is 98.8 cm³/mol. The minimum atomic E-state index is -1.91. The normalized spacial score (nSPS) is 13.2. The van der Waals surface area contributed by atoms with Gasteiger partial charge in [-0.05, 0) is 30.6 Å². The molecular formula is C16H27N5O2Si. The number of nitrogens with two attached hydrogens (primary N) is 1. The number of fused-ring (bicyclic) bond motifs is 1. The number of hydrogen-bond acceptors (Lipinski definition) is 6. The minimum Gasteiger partial charge on any atom is -0.399 e. The third-order valence-corrected chi connectivity index (χ3v) is 8.98. The second kappa shape index (κ2) is 7.00. The van der Waals surface area contributed by atoms with E-state index < -0.39 is 8.32 Å². The molecule has 0 aliphatic heterocycles. The molecule has 0 fully saturated rings. The Labute approximate surface area is 143 Å². The summed E-state index contributed by atoms with van der Waals surface area (Å²) < 4.78 is 8.22. The van der Waals surface area contributed by atoms with Crippen molar-refractivity contribution < 1.29 is 9.53 Å². The molecule has 2 aromatic rings. The van der Waals surface area contributed by atoms with Crippen LogP contribution in [-0.4, -0.2) is 39.5 Å². The van der Waals surface area contributed by atoms with Gasteiger partial charge in [-0.2, -0.15) is 0 Å². The SMILES string of the molecule is CC(C)(C)[Si](C)(C)OCn1c(/C=C/CCO)nc2c(N)ncnc21. The van der Waals surface area contributed by atoms with E-state index in [0.29, 0.717) is 36.0 Å². The van der Waals surface area contributed by atoms with Gasteiger partial charge >= 0.3 is 0 Å². The fourth-order valence-electron chi connectivity index (χ4n) is 1.93. The van der Waals surface area contributed by atoms with Crippen molar-refractivity contribution in [1.29, 1.82) is 0 Å². The molecule has 24 heavy (non-hydrogen) atoms. The zero-order valence-corrected chi connectivity index (χ0v) is 16.1. The highest BCUT2D eigenvalue weighted by Gasteiger charge is 2.37. The van der Waals surface area contributed by atoms with Crippen molar-refractivity contribution in [3.05, 3.63) is 18.2 Å². The number of nitrogen functional groups attached to an aromatic ring is 1. The Morgan fingerprint density at radius 2 is 2.04 bits per heavy atom. The van der Waals surface area contributed by atoms with E-state index in [1.54, 1.807) is 0 Å². The number of hydrogen-bond donors (Lipinski definition) is 2. The molecular weight excluding hydrogens is 322 g/mol. The Hall–Kier alpha value is -1.77. The van der Waals surface area contributed by atoms with Crippen LogP contribution in [-0.2, 0) is 11.2 Å². The second-order valence-corrected chi connectivity index (χ2v) is 12.1. The van der Waals surface area contributed by atoms with Crippen molar-refractivity contribution in [2.45, 2.75) is 52.1 Å². The molecule has 2 rings (SSSR count). The highest BCUT2D eigenvalue weighted by Crippen LogP contribution is 2.37. The van der Waals surface area contributed by atoms with Gasteiger partial charge in [0.25, 0.3) is 0 Å². The van der Waals surface area contributed by atoms with Crippen LogP contribution in [0, 0.1) is 0 Å². The zero-order chi connectivity index (χ0) is 18.0. The molecule has 0 radical (unpaired) electrons. The lowest BCUT2D eigenvalue weighted by molar-refractivity contribution is 0.215. The van der Waals surface area contributed by atoms with Gasteiger partial charge < -0.3 is 15.3 Å². The van der Waals surface area contributed by atoms with E-state index in [1.807, 2.05) is 16.7 Å². The first kappa shape index (κ1) is 18.6. The fraction of sp³-hybridized carbons (Fsp3) is 0.562. The molecule has 0 unspecified atom stereocenters. The third-order valence-electron chi connectivity index (χ3n) is 4.51. The molecule has 0 amide bonds. The zero-order valence-electron chi connectivity index (χ0n) is 15.1. The molecule has 2 aromatic heterocycles. The van der Waals surface area contributed by atoms with E-state index >= 15 is 0 Å². The van der Waals surface area contributed by atoms with Gasteiger partial charge in [0.05, 0.1) is 0 Å². The van der Waals surface area contributed by atoms with Crippen LogP contribution in [0.3, 0.4) is 0 Å². The van der Waals surface area contributed by atoms with Crippen molar-refractivity contribution in [2.24, 2.45) is 0 Å². The van der Waals surface area contributed by atoms with Crippen LogP contribution in [0.4, 0.5) is 5.82 Å². The molecule has 0 atom stereocenters. The first-order valence-corrected chi connectivity index (χ1v) is 11.0. The van der Waals surface area contributed by atoms with Crippen molar-refractivity contribution in [1.82, 2.24) is 19.5 Å². The van der Waals surface area contributed by atoms with Crippen LogP contribution in [0.15, 0.2) is 12.4 Å². The maximum Gasteiger partial charge on any atom is 0.194 e. The summed E-state index contributed by atoms with van der Waals surface area (Å²) >= 11 is 0. The minimum absolute atomic E-state index is 0.0964. The Morgan fingerprint density at radius 3 is 2.67 bits per heavy atom. The maximum atomic E-state index is 8.96. The van der Waals surface area contributed by atoms with E-state index in [2.05, 4.69) is 48.8 Å². The van der Waals surface area contributed by atoms with Gasteiger partial charge in [-0.15, -0.1) is 0 Å². The number of aromatic nitrogens is 4. The number of nitrogens with zero attached hydrogens (tertiary/aromatic N) is 4. The van der Waals surface area contributed by atoms with E-state index in [9.17, 15) is 0 Å². The average molecular weight is 350 g/mol. The monoisotopic (exact) mass is 349 g/mol. The van der Waals surface area contributed by atoms with Gasteiger partial charge in [0.2, 0.25) is 0 Å². The Morgan fingerprint density at radius 1 is 1.33 bits per heavy atom. The molecule has 0 aliphatic carbocycles. The van der Waals surface area contributed by atoms with Crippen LogP contribution in [0.1, 0.15) is 33.0 Å². The summed E-state index contributed by atoms with van der Waals surface area (Å²) in [6, 6.07) is 0. The molecule has 0 saturated heterocycles. The van der Waals surface area contributed by atoms with E-state index in [4.69, 9.17) is 15.3 Å². The number of anilines is 1. The second-order valence-electron chi connectivity index (χ2n) is 7.28. The van der Waals surface area contributed by atoms with Crippen molar-refractivity contribution in [2.75, 3.05) is 12.3 Å². The lowest BCUT2D eigenvalue weighted by atomic mass is 10.2. The van der Waals surface area contributed by atoms with Crippen LogP contribution in [0.25, 0.3) is 17.2 Å². The molecule has 3 N–H and O–H groups in total. The Bertz CT molecular complexity index is 734. The maximum absolute atomic E-state index is 8.96. The van der Waals surface area contributed by atoms with Crippen molar-refractivity contribution >= 4 is 31.4 Å². The van der Waals surface area contributed by atoms with Gasteiger partial charge in [0, 0.05) is 6.61 Å². The number of aliphatic hydroxyl groups is 1. The van der Waals surface area contributed by atoms with E-state index in [1.165, 1.54) is 6.33 Å². The predicted octanol–water partition coefficient (Wildman–Crippen LogP) is 2.78. The molecule has 2 heterocycles. The Balaban J connectivity index is 2.39. The summed E-state index contributed by atoms with van der Waals surface area (Å²) in [4.78, 5) is 12.8. The molecule has 132 valence electrons. The topological polar surface area (TPSA) is 99.1 Å². The molecule has 7 nitrogen and oxygen atoms in total. The summed E-state index contributed by atoms with van der Waals surface area (Å²) in [7, 11) is -1.91. The van der Waals surface area contributed by atoms with E-state index in [0.717, 1.165) is 0 Å². The van der Waals surface area contributed by atoms with E-state index in [-0.39, 0.29) is 11.6 Å². The largest absolute Gasteiger partial charge is 0.399 e. The molecule has 0 aromatic carbocycles. The quantitative estimate of drug-likeness (QED) is 0.778. The lowest BCUT2D eigenvalue weighted by Gasteiger charge is -2.36. The average Bonchev–Trinajstić information content (AvgIpc) is 2.84. The van der Waals surface area contributed by atoms with Gasteiger partial charge in [0.1, 0.15) is 18.9 Å². The summed E-state index contributed by atoms with van der Waals surface area (Å²) in [5.41, 5.74) is 7.15. The smallest absolute Gasteiger partial charge is 0.194 e. The van der Waals surface area contributed by atoms with Gasteiger partial charge in [-0.25, -0.2) is 15.0 Å². The molecule has 0 bridgehead atoms. The molecule has 0 saturated carbocycles. The van der Waals surface area contributed by atoms with Gasteiger partial charge in [-0.1, -0.05) is 26.8 Å². The van der Waals surface area contributed by atoms with Gasteiger partial charge in [0.15, 0.2) is 25.3 Å². The summed E-state index contributed by atoms with van der Waals surface area (Å²) in [6.45, 7) is 11.5. The van der Waals surface area contributed by atoms with Crippen molar-refractivity contribution in [3.63, 3.8) is 0 Å². The van der Waals surface area contributed by atoms with Crippen LogP contribution in [0.2, 0.25) is 18.1 Å². The molecule has 0 spiro atoms. The number of imidazole rings is 1. The first-order chi connectivity index (χ1) is 11.2. The highest BCUT2D eigenvalue weighted by molar-refractivity contribution is 6.74. The molecule has 8 heteroatoms. The van der Waals surface area contributed by atoms with Crippen LogP contribution in [0.5, 0.6) is 0 Å². The standard InChI is InChI=1S/C16H27N5O2Si/c1-16(2,3)24(4,5)23-11-21-12(8-6-7-9-22)20-13-14(17)18-10-19-15(13)21/h6,8,10,22H,7,9,11H2,1-5H3,(H2,17,18,19)/b8-6+. The first-order valence-electron chi connectivity index (χ1n) is 8.05. The summed E-state index contributed by atoms with van der Waals surface area (Å²) in [6.07, 6.45) is 5.72. The summed E-state index contributed by atoms with van der Waals surface area (Å²) in [5, 5.41) is 9.07. The Kier molecular flexibility index (Phi) is 5.41. The van der Waals surface area contributed by atoms with Crippen LogP contribution < -0.4 is 5.73 Å². The molecule has 0 aliphatic rings. The van der Waals surface area contributed by atoms with Crippen molar-refractivity contribution in [3.8, 4) is 0 Å².